The van der Waals surface area contributed by atoms with Crippen molar-refractivity contribution in [2.45, 2.75) is 69.6 Å². The molecular weight excluding hydrogens is 216 g/mol. The zero-order valence-corrected chi connectivity index (χ0v) is 11.1. The van der Waals surface area contributed by atoms with Crippen LogP contribution in [0.4, 0.5) is 0 Å². The van der Waals surface area contributed by atoms with E-state index in [4.69, 9.17) is 0 Å². The summed E-state index contributed by atoms with van der Waals surface area (Å²) in [4.78, 5) is 14.0. The van der Waals surface area contributed by atoms with Gasteiger partial charge in [-0.15, -0.1) is 0 Å². The van der Waals surface area contributed by atoms with Crippen LogP contribution >= 0.6 is 0 Å². The molecule has 0 radical (unpaired) electrons. The second-order valence-electron chi connectivity index (χ2n) is 5.80. The standard InChI is InChI=1S/C13H24N2O2/c1-4-9(2)14-13(12(16)17)7-10-5-6-11(8-13)15(10)3/h9-11,14H,4-8H2,1-3H3,(H,16,17). The van der Waals surface area contributed by atoms with E-state index in [1.807, 2.05) is 0 Å². The van der Waals surface area contributed by atoms with Gasteiger partial charge >= 0.3 is 5.97 Å². The molecule has 2 bridgehead atoms. The van der Waals surface area contributed by atoms with Gasteiger partial charge in [0.15, 0.2) is 0 Å². The lowest BCUT2D eigenvalue weighted by atomic mass is 9.82. The van der Waals surface area contributed by atoms with E-state index in [-0.39, 0.29) is 6.04 Å². The van der Waals surface area contributed by atoms with Crippen molar-refractivity contribution in [3.05, 3.63) is 0 Å². The normalized spacial score (nSPS) is 39.2. The van der Waals surface area contributed by atoms with Crippen LogP contribution in [0.5, 0.6) is 0 Å². The molecule has 0 aliphatic carbocycles. The number of nitrogens with one attached hydrogen (secondary N) is 1. The Morgan fingerprint density at radius 1 is 1.47 bits per heavy atom. The summed E-state index contributed by atoms with van der Waals surface area (Å²) in [6.45, 7) is 4.17. The largest absolute Gasteiger partial charge is 0.480 e. The molecule has 0 aromatic carbocycles. The van der Waals surface area contributed by atoms with Crippen molar-refractivity contribution in [1.82, 2.24) is 10.2 Å². The molecule has 17 heavy (non-hydrogen) atoms. The second kappa shape index (κ2) is 4.58. The lowest BCUT2D eigenvalue weighted by molar-refractivity contribution is -0.148. The van der Waals surface area contributed by atoms with Crippen LogP contribution in [0.1, 0.15) is 46.0 Å². The van der Waals surface area contributed by atoms with Gasteiger partial charge in [0, 0.05) is 18.1 Å². The van der Waals surface area contributed by atoms with E-state index >= 15 is 0 Å². The van der Waals surface area contributed by atoms with Crippen molar-refractivity contribution in [1.29, 1.82) is 0 Å². The number of carboxylic acids is 1. The molecule has 2 heterocycles. The summed E-state index contributed by atoms with van der Waals surface area (Å²) in [5.74, 6) is -0.664. The van der Waals surface area contributed by atoms with Crippen LogP contribution in [0.25, 0.3) is 0 Å². The van der Waals surface area contributed by atoms with E-state index in [1.165, 1.54) is 0 Å². The molecule has 4 heteroatoms. The van der Waals surface area contributed by atoms with Crippen molar-refractivity contribution in [2.75, 3.05) is 7.05 Å². The monoisotopic (exact) mass is 240 g/mol. The molecule has 3 unspecified atom stereocenters. The summed E-state index contributed by atoms with van der Waals surface area (Å²) >= 11 is 0. The Kier molecular flexibility index (Phi) is 3.46. The molecule has 0 aromatic rings. The minimum atomic E-state index is -0.687. The van der Waals surface area contributed by atoms with Gasteiger partial charge in [-0.25, -0.2) is 0 Å². The molecule has 2 N–H and O–H groups in total. The first-order chi connectivity index (χ1) is 7.98. The van der Waals surface area contributed by atoms with Gasteiger partial charge in [0.2, 0.25) is 0 Å². The molecule has 0 amide bonds. The van der Waals surface area contributed by atoms with E-state index in [0.29, 0.717) is 12.1 Å². The minimum Gasteiger partial charge on any atom is -0.480 e. The fourth-order valence-electron chi connectivity index (χ4n) is 3.40. The zero-order valence-electron chi connectivity index (χ0n) is 11.1. The molecule has 2 rings (SSSR count). The number of nitrogens with zero attached hydrogens (tertiary/aromatic N) is 1. The second-order valence-corrected chi connectivity index (χ2v) is 5.80. The van der Waals surface area contributed by atoms with Crippen molar-refractivity contribution in [2.24, 2.45) is 0 Å². The summed E-state index contributed by atoms with van der Waals surface area (Å²) in [5, 5.41) is 13.0. The highest BCUT2D eigenvalue weighted by molar-refractivity contribution is 5.79. The number of rotatable bonds is 4. The highest BCUT2D eigenvalue weighted by Crippen LogP contribution is 2.40. The number of aliphatic carboxylic acids is 1. The van der Waals surface area contributed by atoms with Gasteiger partial charge in [-0.2, -0.15) is 0 Å². The molecular formula is C13H24N2O2. The van der Waals surface area contributed by atoms with Gasteiger partial charge in [-0.1, -0.05) is 6.92 Å². The van der Waals surface area contributed by atoms with Crippen molar-refractivity contribution < 1.29 is 9.90 Å². The Morgan fingerprint density at radius 2 is 2.00 bits per heavy atom. The third-order valence-electron chi connectivity index (χ3n) is 4.70. The minimum absolute atomic E-state index is 0.272. The smallest absolute Gasteiger partial charge is 0.324 e. The zero-order chi connectivity index (χ0) is 12.6. The van der Waals surface area contributed by atoms with Gasteiger partial charge in [-0.05, 0) is 46.1 Å². The number of carbonyl (C=O) groups is 1. The summed E-state index contributed by atoms with van der Waals surface area (Å²) in [7, 11) is 2.14. The Labute approximate surface area is 103 Å². The van der Waals surface area contributed by atoms with Crippen LogP contribution in [0.15, 0.2) is 0 Å². The first kappa shape index (κ1) is 12.8. The first-order valence-electron chi connectivity index (χ1n) is 6.71. The third kappa shape index (κ3) is 2.20. The molecule has 3 atom stereocenters. The van der Waals surface area contributed by atoms with Crippen LogP contribution in [-0.2, 0) is 4.79 Å². The highest BCUT2D eigenvalue weighted by atomic mass is 16.4. The Hall–Kier alpha value is -0.610. The summed E-state index contributed by atoms with van der Waals surface area (Å²) in [6, 6.07) is 1.16. The van der Waals surface area contributed by atoms with Crippen molar-refractivity contribution >= 4 is 5.97 Å². The molecule has 0 saturated carbocycles. The molecule has 2 aliphatic heterocycles. The Balaban J connectivity index is 2.17. The predicted molar refractivity (Wildman–Crippen MR) is 67.1 cm³/mol. The maximum Gasteiger partial charge on any atom is 0.324 e. The molecule has 2 saturated heterocycles. The van der Waals surface area contributed by atoms with Crippen LogP contribution < -0.4 is 5.32 Å². The fraction of sp³-hybridized carbons (Fsp3) is 0.923. The summed E-state index contributed by atoms with van der Waals surface area (Å²) in [5.41, 5.74) is -0.687. The van der Waals surface area contributed by atoms with E-state index in [2.05, 4.69) is 31.1 Å². The van der Waals surface area contributed by atoms with Crippen LogP contribution in [0.3, 0.4) is 0 Å². The summed E-state index contributed by atoms with van der Waals surface area (Å²) in [6.07, 6.45) is 4.77. The third-order valence-corrected chi connectivity index (χ3v) is 4.70. The number of carboxylic acid groups (broad SMARTS) is 1. The average molecular weight is 240 g/mol. The molecule has 4 nitrogen and oxygen atoms in total. The molecule has 2 fully saturated rings. The maximum atomic E-state index is 11.7. The number of fused-ring (bicyclic) bond motifs is 2. The molecule has 0 aromatic heterocycles. The number of piperidine rings is 1. The van der Waals surface area contributed by atoms with Crippen LogP contribution in [0.2, 0.25) is 0 Å². The lowest BCUT2D eigenvalue weighted by Gasteiger charge is -2.44. The Bertz CT molecular complexity index is 292. The fourth-order valence-corrected chi connectivity index (χ4v) is 3.40. The van der Waals surface area contributed by atoms with Gasteiger partial charge in [0.05, 0.1) is 0 Å². The first-order valence-corrected chi connectivity index (χ1v) is 6.71. The van der Waals surface area contributed by atoms with E-state index in [0.717, 1.165) is 32.1 Å². The highest BCUT2D eigenvalue weighted by Gasteiger charge is 2.51. The maximum absolute atomic E-state index is 11.7. The number of hydrogen-bond acceptors (Lipinski definition) is 3. The van der Waals surface area contributed by atoms with Gasteiger partial charge < -0.3 is 10.0 Å². The van der Waals surface area contributed by atoms with Gasteiger partial charge in [0.1, 0.15) is 5.54 Å². The van der Waals surface area contributed by atoms with Crippen LogP contribution in [0, 0.1) is 0 Å². The summed E-state index contributed by atoms with van der Waals surface area (Å²) < 4.78 is 0. The lowest BCUT2D eigenvalue weighted by Crippen LogP contribution is -2.62. The van der Waals surface area contributed by atoms with Gasteiger partial charge in [0.25, 0.3) is 0 Å². The SMILES string of the molecule is CCC(C)NC1(C(=O)O)CC2CCC(C1)N2C. The quantitative estimate of drug-likeness (QED) is 0.781. The van der Waals surface area contributed by atoms with E-state index in [1.54, 1.807) is 0 Å². The van der Waals surface area contributed by atoms with E-state index in [9.17, 15) is 9.90 Å². The predicted octanol–water partition coefficient (Wildman–Crippen LogP) is 1.45. The van der Waals surface area contributed by atoms with Crippen molar-refractivity contribution in [3.63, 3.8) is 0 Å². The molecule has 2 aliphatic rings. The van der Waals surface area contributed by atoms with Gasteiger partial charge in [-0.3, -0.25) is 10.1 Å². The Morgan fingerprint density at radius 3 is 2.41 bits per heavy atom. The van der Waals surface area contributed by atoms with Crippen LogP contribution in [-0.4, -0.2) is 46.7 Å². The topological polar surface area (TPSA) is 52.6 Å². The average Bonchev–Trinajstić information content (AvgIpc) is 2.53. The molecule has 0 spiro atoms. The number of hydrogen-bond donors (Lipinski definition) is 2. The van der Waals surface area contributed by atoms with E-state index < -0.39 is 11.5 Å². The molecule has 98 valence electrons. The van der Waals surface area contributed by atoms with Crippen molar-refractivity contribution in [3.8, 4) is 0 Å².